The maximum absolute atomic E-state index is 6.71. The van der Waals surface area contributed by atoms with Crippen molar-refractivity contribution < 1.29 is 4.42 Å². The van der Waals surface area contributed by atoms with Gasteiger partial charge >= 0.3 is 0 Å². The number of pyridine rings is 1. The minimum absolute atomic E-state index is 0.0542. The van der Waals surface area contributed by atoms with Crippen molar-refractivity contribution in [2.24, 2.45) is 0 Å². The summed E-state index contributed by atoms with van der Waals surface area (Å²) in [5.41, 5.74) is 13.4. The Morgan fingerprint density at radius 1 is 0.578 bits per heavy atom. The lowest BCUT2D eigenvalue weighted by Crippen LogP contribution is -2.15. The SMILES string of the molecule is CC1(C)c2ccccc2-c2cc(N(c3ccc(-c4ccccc4)cc3)c3cccc4c3oc3cc5ncccc5cc34)ccc21. The number of benzene rings is 6. The Hall–Kier alpha value is -5.67. The van der Waals surface area contributed by atoms with Crippen molar-refractivity contribution in [3.8, 4) is 22.3 Å². The van der Waals surface area contributed by atoms with Gasteiger partial charge < -0.3 is 9.32 Å². The molecule has 8 aromatic rings. The Morgan fingerprint density at radius 2 is 1.33 bits per heavy atom. The zero-order chi connectivity index (χ0) is 30.1. The molecule has 0 unspecified atom stereocenters. The van der Waals surface area contributed by atoms with E-state index in [2.05, 4.69) is 157 Å². The van der Waals surface area contributed by atoms with E-state index in [1.54, 1.807) is 0 Å². The lowest BCUT2D eigenvalue weighted by Gasteiger charge is -2.27. The van der Waals surface area contributed by atoms with Crippen LogP contribution in [0.4, 0.5) is 17.1 Å². The summed E-state index contributed by atoms with van der Waals surface area (Å²) in [6.45, 7) is 4.65. The fourth-order valence-electron chi connectivity index (χ4n) is 7.23. The fraction of sp³-hybridized carbons (Fsp3) is 0.0714. The third-order valence-corrected chi connectivity index (χ3v) is 9.50. The molecule has 9 rings (SSSR count). The number of furan rings is 1. The maximum Gasteiger partial charge on any atom is 0.159 e. The van der Waals surface area contributed by atoms with Crippen LogP contribution in [-0.4, -0.2) is 4.98 Å². The summed E-state index contributed by atoms with van der Waals surface area (Å²) in [5.74, 6) is 0. The lowest BCUT2D eigenvalue weighted by atomic mass is 9.82. The standard InChI is InChI=1S/C42H30N2O/c1-42(2)36-15-7-6-13-32(36)34-25-31(21-22-37(34)42)44(30-19-17-28(18-20-30)27-10-4-3-5-11-27)39-16-8-14-33-35-24-29-12-9-23-43-38(29)26-40(35)45-41(33)39/h3-26H,1-2H3. The second-order valence-electron chi connectivity index (χ2n) is 12.4. The van der Waals surface area contributed by atoms with E-state index in [9.17, 15) is 0 Å². The molecule has 1 aliphatic carbocycles. The second kappa shape index (κ2) is 9.67. The van der Waals surface area contributed by atoms with E-state index in [1.807, 2.05) is 12.3 Å². The van der Waals surface area contributed by atoms with Gasteiger partial charge in [-0.1, -0.05) is 105 Å². The molecule has 3 heteroatoms. The number of nitrogens with zero attached hydrogens (tertiary/aromatic N) is 2. The van der Waals surface area contributed by atoms with Gasteiger partial charge in [-0.15, -0.1) is 0 Å². The molecule has 0 spiro atoms. The quantitative estimate of drug-likeness (QED) is 0.208. The van der Waals surface area contributed by atoms with Gasteiger partial charge in [0.25, 0.3) is 0 Å². The average molecular weight is 579 g/mol. The zero-order valence-corrected chi connectivity index (χ0v) is 25.2. The largest absolute Gasteiger partial charge is 0.454 e. The number of hydrogen-bond donors (Lipinski definition) is 0. The monoisotopic (exact) mass is 578 g/mol. The van der Waals surface area contributed by atoms with Crippen LogP contribution in [0.2, 0.25) is 0 Å². The normalized spacial score (nSPS) is 13.3. The highest BCUT2D eigenvalue weighted by Gasteiger charge is 2.35. The Morgan fingerprint density at radius 3 is 2.20 bits per heavy atom. The van der Waals surface area contributed by atoms with Crippen molar-refractivity contribution in [3.63, 3.8) is 0 Å². The van der Waals surface area contributed by atoms with Crippen LogP contribution in [0.1, 0.15) is 25.0 Å². The van der Waals surface area contributed by atoms with Gasteiger partial charge in [0.15, 0.2) is 5.58 Å². The van der Waals surface area contributed by atoms with Crippen molar-refractivity contribution >= 4 is 49.9 Å². The first-order chi connectivity index (χ1) is 22.1. The van der Waals surface area contributed by atoms with Gasteiger partial charge in [0.2, 0.25) is 0 Å². The van der Waals surface area contributed by atoms with E-state index in [0.717, 1.165) is 49.9 Å². The van der Waals surface area contributed by atoms with Crippen molar-refractivity contribution in [1.29, 1.82) is 0 Å². The molecule has 0 saturated heterocycles. The number of hydrogen-bond acceptors (Lipinski definition) is 3. The highest BCUT2D eigenvalue weighted by atomic mass is 16.3. The summed E-state index contributed by atoms with van der Waals surface area (Å²) < 4.78 is 6.71. The van der Waals surface area contributed by atoms with E-state index in [4.69, 9.17) is 4.42 Å². The van der Waals surface area contributed by atoms with Crippen LogP contribution in [-0.2, 0) is 5.41 Å². The molecule has 0 fully saturated rings. The second-order valence-corrected chi connectivity index (χ2v) is 12.4. The van der Waals surface area contributed by atoms with Crippen molar-refractivity contribution in [3.05, 3.63) is 157 Å². The first-order valence-electron chi connectivity index (χ1n) is 15.5. The molecule has 2 aromatic heterocycles. The lowest BCUT2D eigenvalue weighted by molar-refractivity contribution is 0.660. The average Bonchev–Trinajstić information content (AvgIpc) is 3.56. The van der Waals surface area contributed by atoms with E-state index in [1.165, 1.54) is 33.4 Å². The number of anilines is 3. The van der Waals surface area contributed by atoms with Crippen molar-refractivity contribution in [2.75, 3.05) is 4.90 Å². The van der Waals surface area contributed by atoms with E-state index in [-0.39, 0.29) is 5.41 Å². The first-order valence-corrected chi connectivity index (χ1v) is 15.5. The molecular weight excluding hydrogens is 548 g/mol. The van der Waals surface area contributed by atoms with Gasteiger partial charge in [-0.2, -0.15) is 0 Å². The Labute approximate surface area is 262 Å². The molecule has 3 nitrogen and oxygen atoms in total. The molecule has 214 valence electrons. The first kappa shape index (κ1) is 25.8. The maximum atomic E-state index is 6.71. The molecule has 45 heavy (non-hydrogen) atoms. The highest BCUT2D eigenvalue weighted by Crippen LogP contribution is 2.51. The number of rotatable bonds is 4. The predicted molar refractivity (Wildman–Crippen MR) is 187 cm³/mol. The van der Waals surface area contributed by atoms with Crippen LogP contribution in [0.25, 0.3) is 55.1 Å². The van der Waals surface area contributed by atoms with Crippen LogP contribution in [0, 0.1) is 0 Å². The van der Waals surface area contributed by atoms with E-state index >= 15 is 0 Å². The van der Waals surface area contributed by atoms with Crippen LogP contribution < -0.4 is 4.90 Å². The molecule has 6 aromatic carbocycles. The molecule has 0 radical (unpaired) electrons. The van der Waals surface area contributed by atoms with Gasteiger partial charge in [0, 0.05) is 45.2 Å². The summed E-state index contributed by atoms with van der Waals surface area (Å²) in [6, 6.07) is 49.9. The Bertz CT molecular complexity index is 2400. The number of fused-ring (bicyclic) bond motifs is 7. The van der Waals surface area contributed by atoms with Gasteiger partial charge in [-0.3, -0.25) is 4.98 Å². The summed E-state index contributed by atoms with van der Waals surface area (Å²) in [5, 5.41) is 3.29. The van der Waals surface area contributed by atoms with Gasteiger partial charge in [-0.25, -0.2) is 0 Å². The Balaban J connectivity index is 1.28. The van der Waals surface area contributed by atoms with Gasteiger partial charge in [-0.05, 0) is 75.8 Å². The molecule has 0 atom stereocenters. The minimum atomic E-state index is -0.0542. The van der Waals surface area contributed by atoms with Gasteiger partial charge in [0.1, 0.15) is 5.58 Å². The van der Waals surface area contributed by atoms with E-state index in [0.29, 0.717) is 0 Å². The summed E-state index contributed by atoms with van der Waals surface area (Å²) in [7, 11) is 0. The highest BCUT2D eigenvalue weighted by molar-refractivity contribution is 6.13. The third kappa shape index (κ3) is 3.94. The molecule has 0 bridgehead atoms. The fourth-order valence-corrected chi connectivity index (χ4v) is 7.23. The topological polar surface area (TPSA) is 29.3 Å². The molecule has 0 aliphatic heterocycles. The molecule has 1 aliphatic rings. The molecule has 0 amide bonds. The molecule has 2 heterocycles. The van der Waals surface area contributed by atoms with Crippen LogP contribution in [0.5, 0.6) is 0 Å². The summed E-state index contributed by atoms with van der Waals surface area (Å²) in [6.07, 6.45) is 1.83. The third-order valence-electron chi connectivity index (χ3n) is 9.50. The Kier molecular flexibility index (Phi) is 5.54. The van der Waals surface area contributed by atoms with Crippen molar-refractivity contribution in [1.82, 2.24) is 4.98 Å². The summed E-state index contributed by atoms with van der Waals surface area (Å²) >= 11 is 0. The summed E-state index contributed by atoms with van der Waals surface area (Å²) in [4.78, 5) is 6.92. The molecule has 0 N–H and O–H groups in total. The molecule has 0 saturated carbocycles. The number of para-hydroxylation sites is 1. The predicted octanol–water partition coefficient (Wildman–Crippen LogP) is 11.6. The smallest absolute Gasteiger partial charge is 0.159 e. The van der Waals surface area contributed by atoms with Crippen LogP contribution in [0.3, 0.4) is 0 Å². The molecular formula is C42H30N2O. The minimum Gasteiger partial charge on any atom is -0.454 e. The van der Waals surface area contributed by atoms with Crippen LogP contribution >= 0.6 is 0 Å². The van der Waals surface area contributed by atoms with Crippen molar-refractivity contribution in [2.45, 2.75) is 19.3 Å². The van der Waals surface area contributed by atoms with Gasteiger partial charge in [0.05, 0.1) is 11.2 Å². The number of aromatic nitrogens is 1. The van der Waals surface area contributed by atoms with Crippen LogP contribution in [0.15, 0.2) is 150 Å². The van der Waals surface area contributed by atoms with E-state index < -0.39 is 0 Å². The zero-order valence-electron chi connectivity index (χ0n) is 25.2.